The zero-order chi connectivity index (χ0) is 13.1. The van der Waals surface area contributed by atoms with Gasteiger partial charge < -0.3 is 5.73 Å². The number of nitrogen functional groups attached to an aromatic ring is 1. The summed E-state index contributed by atoms with van der Waals surface area (Å²) >= 11 is 1.81. The summed E-state index contributed by atoms with van der Waals surface area (Å²) in [4.78, 5) is 25.4. The van der Waals surface area contributed by atoms with E-state index in [-0.39, 0.29) is 11.8 Å². The van der Waals surface area contributed by atoms with Crippen LogP contribution < -0.4 is 5.73 Å². The number of hydrogen-bond donors (Lipinski definition) is 1. The molecule has 0 spiro atoms. The van der Waals surface area contributed by atoms with Gasteiger partial charge in [0.2, 0.25) is 0 Å². The van der Waals surface area contributed by atoms with Crippen LogP contribution in [0.15, 0.2) is 18.2 Å². The van der Waals surface area contributed by atoms with Crippen LogP contribution in [0.3, 0.4) is 0 Å². The molecule has 4 nitrogen and oxygen atoms in total. The van der Waals surface area contributed by atoms with Crippen LogP contribution in [0.1, 0.15) is 34.1 Å². The number of nitrogens with two attached hydrogens (primary N) is 1. The predicted octanol–water partition coefficient (Wildman–Crippen LogP) is 2.01. The SMILES string of the molecule is CCSCCCN1C(=O)c2ccc(N)cc2C1=O. The van der Waals surface area contributed by atoms with Crippen LogP contribution in [-0.4, -0.2) is 34.8 Å². The summed E-state index contributed by atoms with van der Waals surface area (Å²) in [5.74, 6) is 1.60. The molecule has 18 heavy (non-hydrogen) atoms. The summed E-state index contributed by atoms with van der Waals surface area (Å²) < 4.78 is 0. The van der Waals surface area contributed by atoms with Crippen molar-refractivity contribution < 1.29 is 9.59 Å². The Hall–Kier alpha value is -1.49. The molecule has 2 rings (SSSR count). The Morgan fingerprint density at radius 1 is 1.22 bits per heavy atom. The van der Waals surface area contributed by atoms with Crippen molar-refractivity contribution in [1.82, 2.24) is 4.90 Å². The van der Waals surface area contributed by atoms with Crippen LogP contribution >= 0.6 is 11.8 Å². The standard InChI is InChI=1S/C13H16N2O2S/c1-2-18-7-3-6-15-12(16)10-5-4-9(14)8-11(10)13(15)17/h4-5,8H,2-3,6-7,14H2,1H3. The first-order valence-electron chi connectivity index (χ1n) is 5.98. The molecule has 0 bridgehead atoms. The van der Waals surface area contributed by atoms with Gasteiger partial charge >= 0.3 is 0 Å². The number of benzene rings is 1. The van der Waals surface area contributed by atoms with Gasteiger partial charge in [-0.15, -0.1) is 0 Å². The van der Waals surface area contributed by atoms with E-state index in [0.29, 0.717) is 23.4 Å². The number of hydrogen-bond acceptors (Lipinski definition) is 4. The average Bonchev–Trinajstić information content (AvgIpc) is 2.59. The molecule has 1 aliphatic rings. The van der Waals surface area contributed by atoms with E-state index in [9.17, 15) is 9.59 Å². The lowest BCUT2D eigenvalue weighted by Gasteiger charge is -2.12. The lowest BCUT2D eigenvalue weighted by Crippen LogP contribution is -2.31. The van der Waals surface area contributed by atoms with E-state index < -0.39 is 0 Å². The molecule has 1 aromatic rings. The van der Waals surface area contributed by atoms with Crippen molar-refractivity contribution in [1.29, 1.82) is 0 Å². The Kier molecular flexibility index (Phi) is 3.91. The number of carbonyl (C=O) groups is 2. The molecule has 1 heterocycles. The van der Waals surface area contributed by atoms with Crippen molar-refractivity contribution in [2.24, 2.45) is 0 Å². The zero-order valence-corrected chi connectivity index (χ0v) is 11.1. The number of thioether (sulfide) groups is 1. The molecule has 0 unspecified atom stereocenters. The third kappa shape index (κ3) is 2.36. The van der Waals surface area contributed by atoms with E-state index in [0.717, 1.165) is 17.9 Å². The van der Waals surface area contributed by atoms with Crippen molar-refractivity contribution in [3.05, 3.63) is 29.3 Å². The van der Waals surface area contributed by atoms with Crippen molar-refractivity contribution in [3.63, 3.8) is 0 Å². The van der Waals surface area contributed by atoms with Gasteiger partial charge in [0.25, 0.3) is 11.8 Å². The fourth-order valence-corrected chi connectivity index (χ4v) is 2.60. The molecule has 0 saturated heterocycles. The Bertz CT molecular complexity index is 488. The first-order valence-corrected chi connectivity index (χ1v) is 7.14. The summed E-state index contributed by atoms with van der Waals surface area (Å²) in [5.41, 5.74) is 7.05. The van der Waals surface area contributed by atoms with Crippen molar-refractivity contribution in [2.45, 2.75) is 13.3 Å². The monoisotopic (exact) mass is 264 g/mol. The van der Waals surface area contributed by atoms with Gasteiger partial charge in [0, 0.05) is 12.2 Å². The minimum atomic E-state index is -0.219. The Balaban J connectivity index is 2.08. The maximum absolute atomic E-state index is 12.1. The quantitative estimate of drug-likeness (QED) is 0.502. The second-order valence-corrected chi connectivity index (χ2v) is 5.51. The van der Waals surface area contributed by atoms with Gasteiger partial charge in [-0.05, 0) is 36.1 Å². The lowest BCUT2D eigenvalue weighted by molar-refractivity contribution is 0.0655. The molecule has 2 amide bonds. The molecule has 0 aliphatic carbocycles. The van der Waals surface area contributed by atoms with Crippen LogP contribution in [-0.2, 0) is 0 Å². The third-order valence-electron chi connectivity index (χ3n) is 2.87. The Morgan fingerprint density at radius 3 is 2.67 bits per heavy atom. The summed E-state index contributed by atoms with van der Waals surface area (Å²) in [7, 11) is 0. The number of nitrogens with zero attached hydrogens (tertiary/aromatic N) is 1. The topological polar surface area (TPSA) is 63.4 Å². The van der Waals surface area contributed by atoms with Gasteiger partial charge in [0.05, 0.1) is 11.1 Å². The number of carbonyl (C=O) groups excluding carboxylic acids is 2. The molecule has 0 atom stereocenters. The molecule has 1 aliphatic heterocycles. The molecule has 2 N–H and O–H groups in total. The molecule has 1 aromatic carbocycles. The number of rotatable bonds is 5. The van der Waals surface area contributed by atoms with E-state index in [2.05, 4.69) is 6.92 Å². The van der Waals surface area contributed by atoms with Crippen LogP contribution in [0, 0.1) is 0 Å². The van der Waals surface area contributed by atoms with Gasteiger partial charge in [-0.1, -0.05) is 6.92 Å². The normalized spacial score (nSPS) is 14.2. The summed E-state index contributed by atoms with van der Waals surface area (Å²) in [6, 6.07) is 4.86. The van der Waals surface area contributed by atoms with Gasteiger partial charge in [-0.3, -0.25) is 14.5 Å². The number of imide groups is 1. The Morgan fingerprint density at radius 2 is 1.94 bits per heavy atom. The predicted molar refractivity (Wildman–Crippen MR) is 73.8 cm³/mol. The highest BCUT2D eigenvalue weighted by atomic mass is 32.2. The molecule has 0 radical (unpaired) electrons. The van der Waals surface area contributed by atoms with Gasteiger partial charge in [0.1, 0.15) is 0 Å². The fraction of sp³-hybridized carbons (Fsp3) is 0.385. The van der Waals surface area contributed by atoms with E-state index in [4.69, 9.17) is 5.73 Å². The highest BCUT2D eigenvalue weighted by molar-refractivity contribution is 7.99. The summed E-state index contributed by atoms with van der Waals surface area (Å²) in [5, 5.41) is 0. The lowest BCUT2D eigenvalue weighted by atomic mass is 10.1. The molecular formula is C13H16N2O2S. The number of amides is 2. The van der Waals surface area contributed by atoms with Crippen LogP contribution in [0.4, 0.5) is 5.69 Å². The van der Waals surface area contributed by atoms with E-state index in [1.165, 1.54) is 4.90 Å². The maximum atomic E-state index is 12.1. The van der Waals surface area contributed by atoms with Gasteiger partial charge in [0.15, 0.2) is 0 Å². The zero-order valence-electron chi connectivity index (χ0n) is 10.3. The Labute approximate surface area is 111 Å². The fourth-order valence-electron chi connectivity index (χ4n) is 1.98. The molecule has 96 valence electrons. The van der Waals surface area contributed by atoms with Gasteiger partial charge in [-0.25, -0.2) is 0 Å². The number of anilines is 1. The van der Waals surface area contributed by atoms with Crippen LogP contribution in [0.25, 0.3) is 0 Å². The van der Waals surface area contributed by atoms with Gasteiger partial charge in [-0.2, -0.15) is 11.8 Å². The molecule has 0 fully saturated rings. The highest BCUT2D eigenvalue weighted by Crippen LogP contribution is 2.25. The van der Waals surface area contributed by atoms with Crippen LogP contribution in [0.5, 0.6) is 0 Å². The minimum Gasteiger partial charge on any atom is -0.399 e. The minimum absolute atomic E-state index is 0.198. The summed E-state index contributed by atoms with van der Waals surface area (Å²) in [6.07, 6.45) is 0.833. The molecule has 0 saturated carbocycles. The average molecular weight is 264 g/mol. The second kappa shape index (κ2) is 5.44. The first-order chi connectivity index (χ1) is 8.65. The molecule has 5 heteroatoms. The summed E-state index contributed by atoms with van der Waals surface area (Å²) in [6.45, 7) is 2.58. The van der Waals surface area contributed by atoms with Crippen molar-refractivity contribution in [2.75, 3.05) is 23.8 Å². The van der Waals surface area contributed by atoms with Crippen molar-refractivity contribution in [3.8, 4) is 0 Å². The highest BCUT2D eigenvalue weighted by Gasteiger charge is 2.34. The van der Waals surface area contributed by atoms with Crippen molar-refractivity contribution >= 4 is 29.3 Å². The largest absolute Gasteiger partial charge is 0.399 e. The van der Waals surface area contributed by atoms with Crippen LogP contribution in [0.2, 0.25) is 0 Å². The molecular weight excluding hydrogens is 248 g/mol. The molecule has 0 aromatic heterocycles. The van der Waals surface area contributed by atoms with E-state index in [1.54, 1.807) is 18.2 Å². The first kappa shape index (κ1) is 13.0. The smallest absolute Gasteiger partial charge is 0.261 e. The third-order valence-corrected chi connectivity index (χ3v) is 3.85. The maximum Gasteiger partial charge on any atom is 0.261 e. The second-order valence-electron chi connectivity index (χ2n) is 4.12. The van der Waals surface area contributed by atoms with E-state index in [1.807, 2.05) is 11.8 Å². The van der Waals surface area contributed by atoms with E-state index >= 15 is 0 Å². The number of fused-ring (bicyclic) bond motifs is 1.